The van der Waals surface area contributed by atoms with E-state index in [0.29, 0.717) is 5.17 Å². The molecule has 0 spiro atoms. The van der Waals surface area contributed by atoms with Gasteiger partial charge in [0.25, 0.3) is 0 Å². The lowest BCUT2D eigenvalue weighted by Crippen LogP contribution is -1.86. The summed E-state index contributed by atoms with van der Waals surface area (Å²) in [5, 5.41) is 0.543. The molecule has 0 rings (SSSR count). The number of halogens is 2. The molecule has 0 saturated carbocycles. The monoisotopic (exact) mass is 180 g/mol. The first kappa shape index (κ1) is 9.92. The third-order valence-electron chi connectivity index (χ3n) is 0.762. The van der Waals surface area contributed by atoms with Crippen molar-refractivity contribution in [2.45, 2.75) is 25.8 Å². The lowest BCUT2D eigenvalue weighted by Gasteiger charge is -1.89. The number of hydrogen-bond acceptors (Lipinski definition) is 1. The molecule has 0 aliphatic rings. The van der Waals surface area contributed by atoms with Crippen molar-refractivity contribution >= 4 is 34.7 Å². The Hall–Kier alpha value is -0.0800. The molecule has 0 aromatic carbocycles. The molecule has 0 aliphatic carbocycles. The third kappa shape index (κ3) is 6.05. The van der Waals surface area contributed by atoms with Gasteiger partial charge in [-0.05, 0) is 13.3 Å². The molecule has 0 aromatic heterocycles. The second-order valence-electron chi connectivity index (χ2n) is 1.70. The lowest BCUT2D eigenvalue weighted by atomic mass is 10.5. The number of nitrogens with zero attached hydrogens (tertiary/aromatic N) is 2. The minimum absolute atomic E-state index is 0.231. The average molecular weight is 181 g/mol. The Morgan fingerprint density at radius 2 is 2.30 bits per heavy atom. The second kappa shape index (κ2) is 5.69. The van der Waals surface area contributed by atoms with Gasteiger partial charge in [0.15, 0.2) is 0 Å². The van der Waals surface area contributed by atoms with Gasteiger partial charge in [-0.3, -0.25) is 4.99 Å². The Morgan fingerprint density at radius 3 is 2.70 bits per heavy atom. The Morgan fingerprint density at radius 1 is 1.70 bits per heavy atom. The van der Waals surface area contributed by atoms with Crippen molar-refractivity contribution in [1.29, 1.82) is 0 Å². The molecule has 4 heteroatoms. The smallest absolute Gasteiger partial charge is 0.122 e. The SMILES string of the molecule is CCC(Cl)=NC=NC(C)Cl. The highest BCUT2D eigenvalue weighted by atomic mass is 35.5. The molecular weight excluding hydrogens is 171 g/mol. The first-order valence-corrected chi connectivity index (χ1v) is 3.86. The minimum Gasteiger partial charge on any atom is -0.254 e. The molecule has 58 valence electrons. The standard InChI is InChI=1S/C6H10Cl2N2/c1-3-6(8)10-4-9-5(2)7/h4-5H,3H2,1-2H3. The topological polar surface area (TPSA) is 24.7 Å². The van der Waals surface area contributed by atoms with Crippen LogP contribution in [0.5, 0.6) is 0 Å². The molecule has 0 fully saturated rings. The minimum atomic E-state index is -0.231. The van der Waals surface area contributed by atoms with Crippen molar-refractivity contribution in [3.05, 3.63) is 0 Å². The summed E-state index contributed by atoms with van der Waals surface area (Å²) < 4.78 is 0. The molecule has 2 nitrogen and oxygen atoms in total. The molecule has 0 aromatic rings. The van der Waals surface area contributed by atoms with Crippen LogP contribution in [0.1, 0.15) is 20.3 Å². The quantitative estimate of drug-likeness (QED) is 0.276. The van der Waals surface area contributed by atoms with Gasteiger partial charge >= 0.3 is 0 Å². The van der Waals surface area contributed by atoms with Crippen molar-refractivity contribution in [2.75, 3.05) is 0 Å². The van der Waals surface area contributed by atoms with E-state index in [9.17, 15) is 0 Å². The summed E-state index contributed by atoms with van der Waals surface area (Å²) in [6.45, 7) is 3.68. The predicted octanol–water partition coefficient (Wildman–Crippen LogP) is 2.65. The average Bonchev–Trinajstić information content (AvgIpc) is 1.87. The molecule has 0 bridgehead atoms. The van der Waals surface area contributed by atoms with Crippen molar-refractivity contribution in [3.8, 4) is 0 Å². The normalized spacial score (nSPS) is 16.2. The van der Waals surface area contributed by atoms with Crippen molar-refractivity contribution in [1.82, 2.24) is 0 Å². The van der Waals surface area contributed by atoms with Crippen molar-refractivity contribution in [2.24, 2.45) is 9.98 Å². The lowest BCUT2D eigenvalue weighted by molar-refractivity contribution is 1.03. The molecule has 10 heavy (non-hydrogen) atoms. The summed E-state index contributed by atoms with van der Waals surface area (Å²) in [6.07, 6.45) is 2.10. The molecule has 0 N–H and O–H groups in total. The largest absolute Gasteiger partial charge is 0.254 e. The first-order chi connectivity index (χ1) is 4.66. The van der Waals surface area contributed by atoms with Gasteiger partial charge in [-0.15, -0.1) is 0 Å². The third-order valence-corrected chi connectivity index (χ3v) is 1.24. The van der Waals surface area contributed by atoms with E-state index in [4.69, 9.17) is 23.2 Å². The van der Waals surface area contributed by atoms with E-state index < -0.39 is 0 Å². The highest BCUT2D eigenvalue weighted by Crippen LogP contribution is 1.94. The van der Waals surface area contributed by atoms with Crippen molar-refractivity contribution in [3.63, 3.8) is 0 Å². The van der Waals surface area contributed by atoms with Gasteiger partial charge in [-0.2, -0.15) is 0 Å². The fourth-order valence-electron chi connectivity index (χ4n) is 0.279. The van der Waals surface area contributed by atoms with Gasteiger partial charge in [0, 0.05) is 0 Å². The van der Waals surface area contributed by atoms with E-state index >= 15 is 0 Å². The van der Waals surface area contributed by atoms with Crippen LogP contribution < -0.4 is 0 Å². The second-order valence-corrected chi connectivity index (χ2v) is 2.77. The number of hydrogen-bond donors (Lipinski definition) is 0. The van der Waals surface area contributed by atoms with Gasteiger partial charge in [0.1, 0.15) is 17.0 Å². The van der Waals surface area contributed by atoms with Gasteiger partial charge < -0.3 is 0 Å². The highest BCUT2D eigenvalue weighted by molar-refractivity contribution is 6.65. The van der Waals surface area contributed by atoms with Crippen molar-refractivity contribution < 1.29 is 0 Å². The van der Waals surface area contributed by atoms with Crippen LogP contribution >= 0.6 is 23.2 Å². The van der Waals surface area contributed by atoms with Crippen LogP contribution in [0.25, 0.3) is 0 Å². The summed E-state index contributed by atoms with van der Waals surface area (Å²) in [6, 6.07) is 0. The molecule has 0 radical (unpaired) electrons. The summed E-state index contributed by atoms with van der Waals surface area (Å²) in [5.74, 6) is 0. The zero-order valence-electron chi connectivity index (χ0n) is 6.01. The predicted molar refractivity (Wildman–Crippen MR) is 47.4 cm³/mol. The summed E-state index contributed by atoms with van der Waals surface area (Å²) in [4.78, 5) is 7.57. The molecular formula is C6H10Cl2N2. The zero-order valence-corrected chi connectivity index (χ0v) is 7.52. The van der Waals surface area contributed by atoms with E-state index in [0.717, 1.165) is 6.42 Å². The van der Waals surface area contributed by atoms with Gasteiger partial charge in [-0.1, -0.05) is 30.1 Å². The maximum absolute atomic E-state index is 5.56. The maximum Gasteiger partial charge on any atom is 0.122 e. The van der Waals surface area contributed by atoms with E-state index in [2.05, 4.69) is 9.98 Å². The Labute approximate surface area is 71.0 Å². The Balaban J connectivity index is 3.70. The maximum atomic E-state index is 5.56. The molecule has 0 amide bonds. The molecule has 1 atom stereocenters. The van der Waals surface area contributed by atoms with Crippen LogP contribution in [0.3, 0.4) is 0 Å². The van der Waals surface area contributed by atoms with E-state index in [-0.39, 0.29) is 5.50 Å². The Kier molecular flexibility index (Phi) is 5.64. The first-order valence-electron chi connectivity index (χ1n) is 3.04. The molecule has 1 unspecified atom stereocenters. The van der Waals surface area contributed by atoms with E-state index in [1.54, 1.807) is 6.92 Å². The van der Waals surface area contributed by atoms with Crippen LogP contribution in [0, 0.1) is 0 Å². The van der Waals surface area contributed by atoms with Crippen LogP contribution in [-0.4, -0.2) is 17.0 Å². The molecule has 0 saturated heterocycles. The van der Waals surface area contributed by atoms with Gasteiger partial charge in [-0.25, -0.2) is 4.99 Å². The number of alkyl halides is 1. The summed E-state index contributed by atoms with van der Waals surface area (Å²) in [5.41, 5.74) is -0.231. The molecule has 0 heterocycles. The summed E-state index contributed by atoms with van der Waals surface area (Å²) >= 11 is 11.1. The zero-order chi connectivity index (χ0) is 7.98. The number of rotatable bonds is 3. The molecule has 0 aliphatic heterocycles. The Bertz CT molecular complexity index is 141. The van der Waals surface area contributed by atoms with Gasteiger partial charge in [0.2, 0.25) is 0 Å². The van der Waals surface area contributed by atoms with Crippen LogP contribution in [0.2, 0.25) is 0 Å². The summed E-state index contributed by atoms with van der Waals surface area (Å²) in [7, 11) is 0. The number of aliphatic imine (C=N–C) groups is 2. The van der Waals surface area contributed by atoms with Crippen LogP contribution in [0.4, 0.5) is 0 Å². The van der Waals surface area contributed by atoms with E-state index in [1.807, 2.05) is 6.92 Å². The highest BCUT2D eigenvalue weighted by Gasteiger charge is 1.86. The van der Waals surface area contributed by atoms with Crippen LogP contribution in [0.15, 0.2) is 9.98 Å². The fourth-order valence-corrected chi connectivity index (χ4v) is 0.373. The van der Waals surface area contributed by atoms with E-state index in [1.165, 1.54) is 6.34 Å². The fraction of sp³-hybridized carbons (Fsp3) is 0.667. The van der Waals surface area contributed by atoms with Gasteiger partial charge in [0.05, 0.1) is 0 Å². The van der Waals surface area contributed by atoms with Crippen LogP contribution in [-0.2, 0) is 0 Å².